The molecular weight excluding hydrogens is 307 g/mol. The van der Waals surface area contributed by atoms with E-state index in [0.29, 0.717) is 5.03 Å². The molecule has 1 atom stereocenters. The van der Waals surface area contributed by atoms with Crippen molar-refractivity contribution in [1.29, 1.82) is 0 Å². The fourth-order valence-electron chi connectivity index (χ4n) is 2.35. The maximum absolute atomic E-state index is 9.37. The lowest BCUT2D eigenvalue weighted by molar-refractivity contribution is 0.475. The molecule has 1 aliphatic rings. The third kappa shape index (κ3) is 3.14. The molecule has 0 radical (unpaired) electrons. The van der Waals surface area contributed by atoms with Crippen molar-refractivity contribution in [3.63, 3.8) is 0 Å². The summed E-state index contributed by atoms with van der Waals surface area (Å²) in [6, 6.07) is 7.09. The Morgan fingerprint density at radius 2 is 2.00 bits per heavy atom. The van der Waals surface area contributed by atoms with Crippen LogP contribution in [0, 0.1) is 0 Å². The molecule has 5 heteroatoms. The first-order chi connectivity index (χ1) is 10.1. The van der Waals surface area contributed by atoms with E-state index in [-0.39, 0.29) is 11.1 Å². The number of hydrogen-bond donors (Lipinski definition) is 1. The van der Waals surface area contributed by atoms with Gasteiger partial charge in [-0.2, -0.15) is 0 Å². The maximum Gasteiger partial charge on any atom is 0.115 e. The van der Waals surface area contributed by atoms with E-state index in [1.54, 1.807) is 18.5 Å². The third-order valence-corrected chi connectivity index (χ3v) is 4.36. The molecule has 1 heterocycles. The van der Waals surface area contributed by atoms with E-state index in [2.05, 4.69) is 9.55 Å². The summed E-state index contributed by atoms with van der Waals surface area (Å²) in [4.78, 5) is 4.22. The standard InChI is InChI=1S/C16H14Cl2N2O/c17-14-6-1-11(7-15(14)18)9-20-10-19-8-16(20)12-2-4-13(21)5-3-12/h1-6,8,10,15,21H,7,9H2. The summed E-state index contributed by atoms with van der Waals surface area (Å²) in [7, 11) is 0. The molecule has 0 bridgehead atoms. The van der Waals surface area contributed by atoms with Gasteiger partial charge in [-0.25, -0.2) is 4.98 Å². The topological polar surface area (TPSA) is 38.1 Å². The van der Waals surface area contributed by atoms with Gasteiger partial charge in [-0.05, 0) is 42.3 Å². The first-order valence-electron chi connectivity index (χ1n) is 6.62. The van der Waals surface area contributed by atoms with Crippen molar-refractivity contribution in [1.82, 2.24) is 9.55 Å². The summed E-state index contributed by atoms with van der Waals surface area (Å²) in [5.74, 6) is 0.254. The van der Waals surface area contributed by atoms with Crippen LogP contribution in [0.5, 0.6) is 5.75 Å². The molecule has 1 unspecified atom stereocenters. The molecule has 0 saturated carbocycles. The van der Waals surface area contributed by atoms with E-state index in [1.807, 2.05) is 30.5 Å². The van der Waals surface area contributed by atoms with Crippen molar-refractivity contribution in [3.05, 3.63) is 59.5 Å². The quantitative estimate of drug-likeness (QED) is 0.855. The van der Waals surface area contributed by atoms with Crippen LogP contribution in [-0.2, 0) is 6.54 Å². The molecule has 21 heavy (non-hydrogen) atoms. The molecular formula is C16H14Cl2N2O. The summed E-state index contributed by atoms with van der Waals surface area (Å²) in [5.41, 5.74) is 3.22. The highest BCUT2D eigenvalue weighted by atomic mass is 35.5. The summed E-state index contributed by atoms with van der Waals surface area (Å²) in [6.07, 6.45) is 8.23. The van der Waals surface area contributed by atoms with Crippen LogP contribution in [0.1, 0.15) is 6.42 Å². The first-order valence-corrected chi connectivity index (χ1v) is 7.43. The number of hydrogen-bond acceptors (Lipinski definition) is 2. The SMILES string of the molecule is Oc1ccc(-c2cncn2CC2=CC=C(Cl)C(Cl)C2)cc1. The van der Waals surface area contributed by atoms with E-state index in [9.17, 15) is 5.11 Å². The molecule has 0 spiro atoms. The van der Waals surface area contributed by atoms with Gasteiger partial charge in [-0.1, -0.05) is 17.7 Å². The number of aromatic nitrogens is 2. The molecule has 0 saturated heterocycles. The third-order valence-electron chi connectivity index (χ3n) is 3.47. The number of aromatic hydroxyl groups is 1. The van der Waals surface area contributed by atoms with Gasteiger partial charge in [-0.3, -0.25) is 0 Å². The Morgan fingerprint density at radius 3 is 2.71 bits per heavy atom. The zero-order valence-corrected chi connectivity index (χ0v) is 12.7. The highest BCUT2D eigenvalue weighted by molar-refractivity contribution is 6.37. The summed E-state index contributed by atoms with van der Waals surface area (Å²) in [5, 5.41) is 9.91. The predicted octanol–water partition coefficient (Wildman–Crippen LogP) is 4.32. The summed E-state index contributed by atoms with van der Waals surface area (Å²) < 4.78 is 2.06. The van der Waals surface area contributed by atoms with Crippen LogP contribution in [-0.4, -0.2) is 20.0 Å². The van der Waals surface area contributed by atoms with Crippen molar-refractivity contribution < 1.29 is 5.11 Å². The highest BCUT2D eigenvalue weighted by Gasteiger charge is 2.16. The Labute approximate surface area is 133 Å². The van der Waals surface area contributed by atoms with Gasteiger partial charge >= 0.3 is 0 Å². The lowest BCUT2D eigenvalue weighted by atomic mass is 10.0. The molecule has 1 aliphatic carbocycles. The summed E-state index contributed by atoms with van der Waals surface area (Å²) in [6.45, 7) is 0.722. The second-order valence-corrected chi connectivity index (χ2v) is 5.97. The molecule has 3 nitrogen and oxygen atoms in total. The highest BCUT2D eigenvalue weighted by Crippen LogP contribution is 2.29. The fraction of sp³-hybridized carbons (Fsp3) is 0.188. The second-order valence-electron chi connectivity index (χ2n) is 5.00. The van der Waals surface area contributed by atoms with Crippen LogP contribution in [0.4, 0.5) is 0 Å². The van der Waals surface area contributed by atoms with E-state index in [0.717, 1.165) is 24.2 Å². The predicted molar refractivity (Wildman–Crippen MR) is 85.6 cm³/mol. The van der Waals surface area contributed by atoms with Gasteiger partial charge in [-0.15, -0.1) is 11.6 Å². The molecule has 1 N–H and O–H groups in total. The van der Waals surface area contributed by atoms with Crippen molar-refractivity contribution in [3.8, 4) is 17.0 Å². The monoisotopic (exact) mass is 320 g/mol. The number of benzene rings is 1. The van der Waals surface area contributed by atoms with Gasteiger partial charge in [0.1, 0.15) is 5.75 Å². The van der Waals surface area contributed by atoms with Gasteiger partial charge in [0.15, 0.2) is 0 Å². The van der Waals surface area contributed by atoms with Gasteiger partial charge in [0, 0.05) is 17.1 Å². The minimum Gasteiger partial charge on any atom is -0.508 e. The fourth-order valence-corrected chi connectivity index (χ4v) is 2.76. The molecule has 2 aromatic rings. The van der Waals surface area contributed by atoms with Crippen molar-refractivity contribution >= 4 is 23.2 Å². The Kier molecular flexibility index (Phi) is 4.04. The minimum atomic E-state index is -0.146. The van der Waals surface area contributed by atoms with E-state index >= 15 is 0 Å². The van der Waals surface area contributed by atoms with Crippen LogP contribution in [0.3, 0.4) is 0 Å². The van der Waals surface area contributed by atoms with Gasteiger partial charge in [0.05, 0.1) is 23.6 Å². The van der Waals surface area contributed by atoms with Gasteiger partial charge in [0.25, 0.3) is 0 Å². The number of nitrogens with zero attached hydrogens (tertiary/aromatic N) is 2. The average Bonchev–Trinajstić information content (AvgIpc) is 2.92. The molecule has 1 aromatic heterocycles. The number of rotatable bonds is 3. The zero-order valence-electron chi connectivity index (χ0n) is 11.2. The molecule has 0 amide bonds. The number of phenolic OH excluding ortho intramolecular Hbond substituents is 1. The first kappa shape index (κ1) is 14.2. The molecule has 108 valence electrons. The van der Waals surface area contributed by atoms with Crippen LogP contribution < -0.4 is 0 Å². The number of allylic oxidation sites excluding steroid dienone is 4. The minimum absolute atomic E-state index is 0.146. The lowest BCUT2D eigenvalue weighted by Crippen LogP contribution is -2.10. The van der Waals surface area contributed by atoms with Crippen molar-refractivity contribution in [2.75, 3.05) is 0 Å². The van der Waals surface area contributed by atoms with Gasteiger partial charge < -0.3 is 9.67 Å². The van der Waals surface area contributed by atoms with Crippen LogP contribution in [0.25, 0.3) is 11.3 Å². The number of alkyl halides is 1. The van der Waals surface area contributed by atoms with E-state index in [1.165, 1.54) is 5.57 Å². The average molecular weight is 321 g/mol. The Balaban J connectivity index is 1.85. The Bertz CT molecular complexity index is 701. The van der Waals surface area contributed by atoms with Crippen LogP contribution in [0.2, 0.25) is 0 Å². The van der Waals surface area contributed by atoms with Crippen molar-refractivity contribution in [2.24, 2.45) is 0 Å². The Morgan fingerprint density at radius 1 is 1.24 bits per heavy atom. The number of imidazole rings is 1. The normalized spacial score (nSPS) is 18.3. The summed E-state index contributed by atoms with van der Waals surface area (Å²) >= 11 is 12.2. The van der Waals surface area contributed by atoms with Crippen molar-refractivity contribution in [2.45, 2.75) is 18.3 Å². The van der Waals surface area contributed by atoms with E-state index in [4.69, 9.17) is 23.2 Å². The Hall–Kier alpha value is -1.71. The maximum atomic E-state index is 9.37. The number of phenols is 1. The second kappa shape index (κ2) is 5.96. The molecule has 0 aliphatic heterocycles. The molecule has 1 aromatic carbocycles. The number of halogens is 2. The lowest BCUT2D eigenvalue weighted by Gasteiger charge is -2.17. The molecule has 0 fully saturated rings. The molecule has 3 rings (SSSR count). The van der Waals surface area contributed by atoms with E-state index < -0.39 is 0 Å². The van der Waals surface area contributed by atoms with Gasteiger partial charge in [0.2, 0.25) is 0 Å². The van der Waals surface area contributed by atoms with Crippen LogP contribution in [0.15, 0.2) is 59.5 Å². The zero-order chi connectivity index (χ0) is 14.8. The van der Waals surface area contributed by atoms with Crippen LogP contribution >= 0.6 is 23.2 Å². The largest absolute Gasteiger partial charge is 0.508 e. The smallest absolute Gasteiger partial charge is 0.115 e.